The summed E-state index contributed by atoms with van der Waals surface area (Å²) < 4.78 is 0. The van der Waals surface area contributed by atoms with Gasteiger partial charge in [0.15, 0.2) is 0 Å². The third kappa shape index (κ3) is 11.1. The molecular formula is C23H44OS2. The fourth-order valence-corrected chi connectivity index (χ4v) is 6.97. The Morgan fingerprint density at radius 2 is 1.50 bits per heavy atom. The molecule has 154 valence electrons. The van der Waals surface area contributed by atoms with Crippen molar-refractivity contribution in [2.45, 2.75) is 84.0 Å². The van der Waals surface area contributed by atoms with Gasteiger partial charge in [0, 0.05) is 5.75 Å². The van der Waals surface area contributed by atoms with E-state index in [9.17, 15) is 0 Å². The van der Waals surface area contributed by atoms with E-state index in [0.717, 1.165) is 5.75 Å². The van der Waals surface area contributed by atoms with Crippen molar-refractivity contribution in [3.63, 3.8) is 0 Å². The van der Waals surface area contributed by atoms with Gasteiger partial charge in [0.25, 0.3) is 0 Å². The van der Waals surface area contributed by atoms with Crippen LogP contribution in [0.4, 0.5) is 0 Å². The highest BCUT2D eigenvalue weighted by Crippen LogP contribution is 2.54. The van der Waals surface area contributed by atoms with Crippen molar-refractivity contribution >= 4 is 21.8 Å². The Hall–Kier alpha value is 0.140. The van der Waals surface area contributed by atoms with Crippen LogP contribution in [0.5, 0.6) is 0 Å². The van der Waals surface area contributed by atoms with Crippen LogP contribution in [0, 0.1) is 0 Å². The average Bonchev–Trinajstić information content (AvgIpc) is 2.68. The first-order valence-electron chi connectivity index (χ1n) is 11.0. The number of aliphatic hydroxyl groups excluding tert-OH is 1. The minimum Gasteiger partial charge on any atom is -0.396 e. The monoisotopic (exact) mass is 400 g/mol. The van der Waals surface area contributed by atoms with E-state index in [-0.39, 0.29) is 0 Å². The van der Waals surface area contributed by atoms with Crippen LogP contribution in [0.3, 0.4) is 0 Å². The molecule has 0 amide bonds. The van der Waals surface area contributed by atoms with E-state index >= 15 is 0 Å². The van der Waals surface area contributed by atoms with Crippen molar-refractivity contribution in [3.8, 4) is 0 Å². The predicted molar refractivity (Wildman–Crippen MR) is 126 cm³/mol. The van der Waals surface area contributed by atoms with Crippen molar-refractivity contribution in [2.24, 2.45) is 0 Å². The summed E-state index contributed by atoms with van der Waals surface area (Å²) in [5.74, 6) is 4.93. The quantitative estimate of drug-likeness (QED) is 0.258. The molecule has 0 aromatic carbocycles. The molecule has 0 aromatic heterocycles. The van der Waals surface area contributed by atoms with Crippen molar-refractivity contribution in [1.82, 2.24) is 0 Å². The highest BCUT2D eigenvalue weighted by atomic mass is 32.3. The molecule has 1 unspecified atom stereocenters. The van der Waals surface area contributed by atoms with E-state index in [4.69, 9.17) is 5.11 Å². The summed E-state index contributed by atoms with van der Waals surface area (Å²) in [5.41, 5.74) is 0. The third-order valence-corrected chi connectivity index (χ3v) is 10.5. The normalized spacial score (nSPS) is 17.7. The maximum Gasteiger partial charge on any atom is 0.0521 e. The summed E-state index contributed by atoms with van der Waals surface area (Å²) in [6, 6.07) is 0. The largest absolute Gasteiger partial charge is 0.396 e. The molecule has 1 nitrogen and oxygen atoms in total. The van der Waals surface area contributed by atoms with Gasteiger partial charge < -0.3 is 5.11 Å². The number of aliphatic hydroxyl groups is 1. The molecule has 0 spiro atoms. The van der Waals surface area contributed by atoms with Gasteiger partial charge in [-0.2, -0.15) is 11.8 Å². The number of unbranched alkanes of at least 4 members (excludes halogenated alkanes) is 9. The Morgan fingerprint density at radius 3 is 2.04 bits per heavy atom. The maximum atomic E-state index is 8.73. The predicted octanol–water partition coefficient (Wildman–Crippen LogP) is 7.30. The zero-order chi connectivity index (χ0) is 18.9. The number of thioether (sulfide) groups is 1. The molecule has 1 N–H and O–H groups in total. The Morgan fingerprint density at radius 1 is 0.885 bits per heavy atom. The molecule has 26 heavy (non-hydrogen) atoms. The summed E-state index contributed by atoms with van der Waals surface area (Å²) in [6.07, 6.45) is 26.5. The fourth-order valence-electron chi connectivity index (χ4n) is 3.59. The first-order valence-corrected chi connectivity index (χ1v) is 14.6. The second-order valence-corrected chi connectivity index (χ2v) is 13.0. The molecule has 0 radical (unpaired) electrons. The lowest BCUT2D eigenvalue weighted by atomic mass is 10.1. The van der Waals surface area contributed by atoms with Crippen molar-refractivity contribution in [1.29, 1.82) is 0 Å². The molecule has 1 atom stereocenters. The van der Waals surface area contributed by atoms with Crippen LogP contribution in [0.15, 0.2) is 23.1 Å². The molecule has 0 bridgehead atoms. The summed E-state index contributed by atoms with van der Waals surface area (Å²) in [4.78, 5) is 1.68. The first-order chi connectivity index (χ1) is 12.7. The SMILES string of the molecule is CCS(C)(CCCCCCCCCCCCSCCO)C1=CCCC=C1. The van der Waals surface area contributed by atoms with Crippen molar-refractivity contribution in [3.05, 3.63) is 23.1 Å². The summed E-state index contributed by atoms with van der Waals surface area (Å²) in [7, 11) is -0.536. The third-order valence-electron chi connectivity index (χ3n) is 5.54. The molecule has 1 aliphatic carbocycles. The van der Waals surface area contributed by atoms with E-state index in [1.807, 2.05) is 11.8 Å². The number of rotatable bonds is 17. The minimum absolute atomic E-state index is 0.332. The summed E-state index contributed by atoms with van der Waals surface area (Å²) in [5, 5.41) is 8.73. The Labute approximate surface area is 169 Å². The molecule has 1 rings (SSSR count). The van der Waals surface area contributed by atoms with Gasteiger partial charge in [-0.25, -0.2) is 10.0 Å². The van der Waals surface area contributed by atoms with Gasteiger partial charge in [0.1, 0.15) is 0 Å². The molecule has 0 aliphatic heterocycles. The van der Waals surface area contributed by atoms with Gasteiger partial charge >= 0.3 is 0 Å². The van der Waals surface area contributed by atoms with Crippen molar-refractivity contribution in [2.75, 3.05) is 35.9 Å². The maximum absolute atomic E-state index is 8.73. The van der Waals surface area contributed by atoms with E-state index < -0.39 is 10.0 Å². The lowest BCUT2D eigenvalue weighted by Gasteiger charge is -2.37. The molecule has 3 heteroatoms. The van der Waals surface area contributed by atoms with Crippen LogP contribution in [-0.4, -0.2) is 41.0 Å². The summed E-state index contributed by atoms with van der Waals surface area (Å²) in [6.45, 7) is 2.72. The first kappa shape index (κ1) is 24.2. The highest BCUT2D eigenvalue weighted by Gasteiger charge is 2.19. The van der Waals surface area contributed by atoms with Crippen LogP contribution < -0.4 is 0 Å². The van der Waals surface area contributed by atoms with Crippen LogP contribution in [0.25, 0.3) is 0 Å². The second kappa shape index (κ2) is 16.1. The molecular weight excluding hydrogens is 356 g/mol. The highest BCUT2D eigenvalue weighted by molar-refractivity contribution is 8.36. The van der Waals surface area contributed by atoms with E-state index in [0.29, 0.717) is 6.61 Å². The summed E-state index contributed by atoms with van der Waals surface area (Å²) >= 11 is 1.89. The number of hydrogen-bond acceptors (Lipinski definition) is 2. The molecule has 0 fully saturated rings. The molecule has 0 saturated carbocycles. The average molecular weight is 401 g/mol. The number of hydrogen-bond donors (Lipinski definition) is 1. The van der Waals surface area contributed by atoms with Gasteiger partial charge in [0.05, 0.1) is 6.61 Å². The van der Waals surface area contributed by atoms with Gasteiger partial charge in [-0.1, -0.05) is 76.5 Å². The minimum atomic E-state index is -0.536. The van der Waals surface area contributed by atoms with E-state index in [1.165, 1.54) is 94.3 Å². The van der Waals surface area contributed by atoms with Gasteiger partial charge in [-0.3, -0.25) is 0 Å². The molecule has 1 aliphatic rings. The zero-order valence-electron chi connectivity index (χ0n) is 17.5. The van der Waals surface area contributed by atoms with Crippen LogP contribution >= 0.6 is 21.8 Å². The van der Waals surface area contributed by atoms with Gasteiger partial charge in [0.2, 0.25) is 0 Å². The Kier molecular flexibility index (Phi) is 15.0. The van der Waals surface area contributed by atoms with E-state index in [1.54, 1.807) is 4.91 Å². The van der Waals surface area contributed by atoms with Crippen LogP contribution in [0.2, 0.25) is 0 Å². The van der Waals surface area contributed by atoms with Crippen molar-refractivity contribution < 1.29 is 5.11 Å². The Bertz CT molecular complexity index is 392. The Balaban J connectivity index is 1.92. The van der Waals surface area contributed by atoms with Crippen LogP contribution in [0.1, 0.15) is 84.0 Å². The lowest BCUT2D eigenvalue weighted by Crippen LogP contribution is -2.09. The molecule has 0 aromatic rings. The molecule has 0 saturated heterocycles. The molecule has 0 heterocycles. The van der Waals surface area contributed by atoms with Crippen LogP contribution in [-0.2, 0) is 0 Å². The van der Waals surface area contributed by atoms with Gasteiger partial charge in [-0.15, -0.1) is 0 Å². The topological polar surface area (TPSA) is 20.2 Å². The number of allylic oxidation sites excluding steroid dienone is 3. The second-order valence-electron chi connectivity index (χ2n) is 7.72. The van der Waals surface area contributed by atoms with Gasteiger partial charge in [-0.05, 0) is 54.1 Å². The standard InChI is InChI=1S/C23H44OS2/c1-3-26(2,23-17-13-12-14-18-23)22-16-11-9-7-5-4-6-8-10-15-20-25-21-19-24/h13,17-18,24H,3-12,14-16,19-22H2,1-2H3. The fraction of sp³-hybridized carbons (Fsp3) is 0.826. The lowest BCUT2D eigenvalue weighted by molar-refractivity contribution is 0.322. The smallest absolute Gasteiger partial charge is 0.0521 e. The zero-order valence-corrected chi connectivity index (χ0v) is 19.1. The van der Waals surface area contributed by atoms with E-state index in [2.05, 4.69) is 31.4 Å².